The van der Waals surface area contributed by atoms with Crippen molar-refractivity contribution in [2.75, 3.05) is 11.9 Å². The van der Waals surface area contributed by atoms with Gasteiger partial charge in [0.15, 0.2) is 6.61 Å². The molecule has 0 aliphatic carbocycles. The molecule has 1 amide bonds. The number of ether oxygens (including phenoxy) is 1. The van der Waals surface area contributed by atoms with E-state index in [2.05, 4.69) is 19.2 Å². The van der Waals surface area contributed by atoms with Crippen LogP contribution in [0.5, 0.6) is 5.75 Å². The van der Waals surface area contributed by atoms with Crippen LogP contribution in [-0.2, 0) is 4.79 Å². The average Bonchev–Trinajstić information content (AvgIpc) is 2.95. The fourth-order valence-electron chi connectivity index (χ4n) is 3.03. The monoisotopic (exact) mass is 384 g/mol. The lowest BCUT2D eigenvalue weighted by atomic mass is 10.0. The van der Waals surface area contributed by atoms with Gasteiger partial charge in [-0.3, -0.25) is 14.2 Å². The Morgan fingerprint density at radius 1 is 1.15 bits per heavy atom. The quantitative estimate of drug-likeness (QED) is 0.665. The Hall–Kier alpha value is -2.60. The van der Waals surface area contributed by atoms with Crippen LogP contribution >= 0.6 is 11.3 Å². The van der Waals surface area contributed by atoms with Crippen molar-refractivity contribution < 1.29 is 9.53 Å². The molecule has 1 N–H and O–H groups in total. The summed E-state index contributed by atoms with van der Waals surface area (Å²) in [5, 5.41) is 2.84. The number of carbonyl (C=O) groups excluding carboxylic acids is 1. The molecule has 0 aliphatic heterocycles. The van der Waals surface area contributed by atoms with E-state index < -0.39 is 0 Å². The van der Waals surface area contributed by atoms with E-state index >= 15 is 0 Å². The van der Waals surface area contributed by atoms with Crippen molar-refractivity contribution in [1.82, 2.24) is 4.57 Å². The van der Waals surface area contributed by atoms with Gasteiger partial charge in [-0.2, -0.15) is 0 Å². The van der Waals surface area contributed by atoms with Crippen LogP contribution in [-0.4, -0.2) is 17.1 Å². The molecule has 0 saturated carbocycles. The summed E-state index contributed by atoms with van der Waals surface area (Å²) < 4.78 is 8.33. The zero-order chi connectivity index (χ0) is 19.6. The topological polar surface area (TPSA) is 60.3 Å². The lowest BCUT2D eigenvalue weighted by Gasteiger charge is -2.14. The molecule has 0 fully saturated rings. The molecular formula is C21H24N2O3S. The maximum Gasteiger partial charge on any atom is 0.308 e. The van der Waals surface area contributed by atoms with Crippen LogP contribution in [0.4, 0.5) is 5.69 Å². The van der Waals surface area contributed by atoms with Gasteiger partial charge in [-0.25, -0.2) is 0 Å². The number of hydrogen-bond donors (Lipinski definition) is 1. The molecule has 2 aromatic carbocycles. The van der Waals surface area contributed by atoms with E-state index in [-0.39, 0.29) is 23.4 Å². The van der Waals surface area contributed by atoms with Gasteiger partial charge in [0, 0.05) is 11.7 Å². The molecule has 0 aliphatic rings. The molecule has 0 spiro atoms. The van der Waals surface area contributed by atoms with Crippen LogP contribution < -0.4 is 14.9 Å². The molecule has 142 valence electrons. The molecule has 3 rings (SSSR count). The molecule has 3 aromatic rings. The fraction of sp³-hybridized carbons (Fsp3) is 0.333. The maximum absolute atomic E-state index is 12.3. The fourth-order valence-corrected chi connectivity index (χ4v) is 4.09. The van der Waals surface area contributed by atoms with Gasteiger partial charge in [0.2, 0.25) is 0 Å². The molecule has 6 heteroatoms. The van der Waals surface area contributed by atoms with E-state index in [9.17, 15) is 9.59 Å². The minimum absolute atomic E-state index is 0.0112. The van der Waals surface area contributed by atoms with Crippen molar-refractivity contribution in [2.45, 2.75) is 39.7 Å². The summed E-state index contributed by atoms with van der Waals surface area (Å²) in [6, 6.07) is 13.4. The van der Waals surface area contributed by atoms with E-state index in [0.29, 0.717) is 11.6 Å². The second-order valence-electron chi connectivity index (χ2n) is 7.04. The molecule has 0 unspecified atom stereocenters. The zero-order valence-electron chi connectivity index (χ0n) is 16.0. The van der Waals surface area contributed by atoms with Crippen LogP contribution in [0, 0.1) is 0 Å². The number of benzene rings is 2. The van der Waals surface area contributed by atoms with E-state index in [1.165, 1.54) is 11.3 Å². The minimum atomic E-state index is -0.233. The first kappa shape index (κ1) is 19.2. The molecule has 1 aromatic heterocycles. The van der Waals surface area contributed by atoms with Crippen LogP contribution in [0.1, 0.15) is 45.2 Å². The molecule has 1 heterocycles. The normalized spacial score (nSPS) is 11.3. The molecule has 0 radical (unpaired) electrons. The van der Waals surface area contributed by atoms with Crippen molar-refractivity contribution in [3.63, 3.8) is 0 Å². The Bertz CT molecular complexity index is 1020. The minimum Gasteiger partial charge on any atom is -0.483 e. The number of amides is 1. The molecule has 27 heavy (non-hydrogen) atoms. The number of nitrogens with one attached hydrogen (secondary N) is 1. The number of anilines is 1. The highest BCUT2D eigenvalue weighted by Crippen LogP contribution is 2.26. The highest BCUT2D eigenvalue weighted by molar-refractivity contribution is 7.16. The van der Waals surface area contributed by atoms with E-state index in [1.54, 1.807) is 4.57 Å². The Balaban J connectivity index is 1.71. The lowest BCUT2D eigenvalue weighted by Crippen LogP contribution is -2.20. The van der Waals surface area contributed by atoms with Gasteiger partial charge in [0.05, 0.1) is 10.2 Å². The third-order valence-electron chi connectivity index (χ3n) is 4.31. The standard InChI is InChI=1S/C21H24N2O3S/c1-13(2)16-7-5-6-8-18(16)26-12-20(24)22-15-9-10-17-19(11-15)27-21(25)23(17)14(3)4/h5-11,13-14H,12H2,1-4H3,(H,22,24). The van der Waals surface area contributed by atoms with Crippen LogP contribution in [0.2, 0.25) is 0 Å². The maximum atomic E-state index is 12.3. The van der Waals surface area contributed by atoms with Crippen molar-refractivity contribution in [2.24, 2.45) is 0 Å². The Morgan fingerprint density at radius 3 is 2.59 bits per heavy atom. The van der Waals surface area contributed by atoms with E-state index in [0.717, 1.165) is 21.5 Å². The van der Waals surface area contributed by atoms with Gasteiger partial charge in [-0.15, -0.1) is 0 Å². The van der Waals surface area contributed by atoms with Gasteiger partial charge in [0.1, 0.15) is 5.75 Å². The molecule has 0 atom stereocenters. The molecule has 5 nitrogen and oxygen atoms in total. The van der Waals surface area contributed by atoms with Crippen molar-refractivity contribution >= 4 is 33.1 Å². The number of nitrogens with zero attached hydrogens (tertiary/aromatic N) is 1. The summed E-state index contributed by atoms with van der Waals surface area (Å²) >= 11 is 1.19. The van der Waals surface area contributed by atoms with Gasteiger partial charge in [0.25, 0.3) is 5.91 Å². The first-order valence-corrected chi connectivity index (χ1v) is 9.85. The largest absolute Gasteiger partial charge is 0.483 e. The summed E-state index contributed by atoms with van der Waals surface area (Å²) in [5.74, 6) is 0.813. The number of hydrogen-bond acceptors (Lipinski definition) is 4. The first-order valence-electron chi connectivity index (χ1n) is 9.03. The second-order valence-corrected chi connectivity index (χ2v) is 8.04. The number of carbonyl (C=O) groups is 1. The first-order chi connectivity index (χ1) is 12.9. The van der Waals surface area contributed by atoms with Crippen LogP contribution in [0.25, 0.3) is 10.2 Å². The van der Waals surface area contributed by atoms with Gasteiger partial charge in [-0.1, -0.05) is 43.4 Å². The SMILES string of the molecule is CC(C)c1ccccc1OCC(=O)Nc1ccc2c(c1)sc(=O)n2C(C)C. The Kier molecular flexibility index (Phi) is 5.65. The third kappa shape index (κ3) is 4.22. The van der Waals surface area contributed by atoms with Crippen molar-refractivity contribution in [3.8, 4) is 5.75 Å². The summed E-state index contributed by atoms with van der Waals surface area (Å²) in [7, 11) is 0. The number of aromatic nitrogens is 1. The summed E-state index contributed by atoms with van der Waals surface area (Å²) in [4.78, 5) is 24.4. The number of thiazole rings is 1. The van der Waals surface area contributed by atoms with E-state index in [1.807, 2.05) is 56.3 Å². The van der Waals surface area contributed by atoms with Crippen LogP contribution in [0.15, 0.2) is 47.3 Å². The zero-order valence-corrected chi connectivity index (χ0v) is 16.8. The van der Waals surface area contributed by atoms with Crippen molar-refractivity contribution in [3.05, 3.63) is 57.7 Å². The Labute approximate surface area is 162 Å². The molecular weight excluding hydrogens is 360 g/mol. The van der Waals surface area contributed by atoms with Crippen molar-refractivity contribution in [1.29, 1.82) is 0 Å². The number of fused-ring (bicyclic) bond motifs is 1. The summed E-state index contributed by atoms with van der Waals surface area (Å²) in [6.07, 6.45) is 0. The number of rotatable bonds is 6. The summed E-state index contributed by atoms with van der Waals surface area (Å²) in [5.41, 5.74) is 2.62. The second kappa shape index (κ2) is 7.96. The smallest absolute Gasteiger partial charge is 0.308 e. The van der Waals surface area contributed by atoms with Gasteiger partial charge < -0.3 is 10.1 Å². The highest BCUT2D eigenvalue weighted by atomic mass is 32.1. The Morgan fingerprint density at radius 2 is 1.89 bits per heavy atom. The lowest BCUT2D eigenvalue weighted by molar-refractivity contribution is -0.118. The average molecular weight is 385 g/mol. The summed E-state index contributed by atoms with van der Waals surface area (Å²) in [6.45, 7) is 8.08. The predicted octanol–water partition coefficient (Wildman–Crippen LogP) is 4.78. The van der Waals surface area contributed by atoms with Crippen LogP contribution in [0.3, 0.4) is 0 Å². The molecule has 0 saturated heterocycles. The molecule has 0 bridgehead atoms. The highest BCUT2D eigenvalue weighted by Gasteiger charge is 2.13. The third-order valence-corrected chi connectivity index (χ3v) is 5.23. The predicted molar refractivity (Wildman–Crippen MR) is 111 cm³/mol. The number of para-hydroxylation sites is 1. The van der Waals surface area contributed by atoms with E-state index in [4.69, 9.17) is 4.74 Å². The van der Waals surface area contributed by atoms with Gasteiger partial charge in [-0.05, 0) is 49.6 Å². The van der Waals surface area contributed by atoms with Gasteiger partial charge >= 0.3 is 4.87 Å².